The maximum Gasteiger partial charge on any atom is 0.242 e. The van der Waals surface area contributed by atoms with Gasteiger partial charge in [0.2, 0.25) is 21.8 Å². The lowest BCUT2D eigenvalue weighted by Crippen LogP contribution is -2.52. The Morgan fingerprint density at radius 1 is 1.06 bits per heavy atom. The number of anilines is 1. The van der Waals surface area contributed by atoms with Crippen LogP contribution in [0, 0.1) is 6.92 Å². The quantitative estimate of drug-likeness (QED) is 0.437. The van der Waals surface area contributed by atoms with Crippen LogP contribution >= 0.6 is 23.2 Å². The highest BCUT2D eigenvalue weighted by atomic mass is 35.5. The summed E-state index contributed by atoms with van der Waals surface area (Å²) in [5.41, 5.74) is 1.50. The second-order valence-corrected chi connectivity index (χ2v) is 12.6. The highest BCUT2D eigenvalue weighted by Gasteiger charge is 2.29. The largest absolute Gasteiger partial charge is 0.350 e. The Labute approximate surface area is 224 Å². The molecule has 0 radical (unpaired) electrons. The van der Waals surface area contributed by atoms with E-state index in [4.69, 9.17) is 23.2 Å². The molecule has 0 aliphatic carbocycles. The van der Waals surface area contributed by atoms with Gasteiger partial charge in [0.1, 0.15) is 6.04 Å². The van der Waals surface area contributed by atoms with Gasteiger partial charge in [-0.1, -0.05) is 41.4 Å². The number of hydrogen-bond acceptors (Lipinski definition) is 4. The fourth-order valence-electron chi connectivity index (χ4n) is 3.69. The fourth-order valence-corrected chi connectivity index (χ4v) is 5.00. The van der Waals surface area contributed by atoms with Crippen molar-refractivity contribution in [3.63, 3.8) is 0 Å². The van der Waals surface area contributed by atoms with E-state index in [1.807, 2.05) is 32.9 Å². The molecule has 0 aliphatic rings. The normalized spacial score (nSPS) is 12.7. The first-order chi connectivity index (χ1) is 16.6. The molecule has 198 valence electrons. The summed E-state index contributed by atoms with van der Waals surface area (Å²) < 4.78 is 26.3. The van der Waals surface area contributed by atoms with Crippen LogP contribution in [-0.4, -0.2) is 49.5 Å². The van der Waals surface area contributed by atoms with Gasteiger partial charge in [-0.05, 0) is 76.4 Å². The number of nitrogens with one attached hydrogen (secondary N) is 1. The van der Waals surface area contributed by atoms with Crippen LogP contribution in [0.4, 0.5) is 5.69 Å². The van der Waals surface area contributed by atoms with Crippen molar-refractivity contribution in [3.05, 3.63) is 63.6 Å². The molecule has 36 heavy (non-hydrogen) atoms. The van der Waals surface area contributed by atoms with Gasteiger partial charge in [-0.2, -0.15) is 0 Å². The number of amides is 2. The van der Waals surface area contributed by atoms with Crippen molar-refractivity contribution >= 4 is 50.7 Å². The number of rotatable bonds is 10. The average Bonchev–Trinajstić information content (AvgIpc) is 2.76. The van der Waals surface area contributed by atoms with Crippen molar-refractivity contribution in [2.75, 3.05) is 17.1 Å². The molecule has 2 aromatic carbocycles. The molecule has 1 N–H and O–H groups in total. The Balaban J connectivity index is 2.22. The molecule has 2 rings (SSSR count). The summed E-state index contributed by atoms with van der Waals surface area (Å²) >= 11 is 12.2. The van der Waals surface area contributed by atoms with Gasteiger partial charge in [0.15, 0.2) is 0 Å². The second kappa shape index (κ2) is 12.3. The summed E-state index contributed by atoms with van der Waals surface area (Å²) in [6.07, 6.45) is 1.45. The zero-order valence-corrected chi connectivity index (χ0v) is 24.0. The lowest BCUT2D eigenvalue weighted by atomic mass is 10.1. The number of sulfonamides is 1. The Morgan fingerprint density at radius 3 is 2.22 bits per heavy atom. The van der Waals surface area contributed by atoms with E-state index in [0.29, 0.717) is 21.3 Å². The molecule has 0 spiro atoms. The molecular weight excluding hydrogens is 521 g/mol. The summed E-state index contributed by atoms with van der Waals surface area (Å²) in [6, 6.07) is 11.4. The van der Waals surface area contributed by atoms with Crippen molar-refractivity contribution in [2.24, 2.45) is 0 Å². The fraction of sp³-hybridized carbons (Fsp3) is 0.462. The first kappa shape index (κ1) is 29.9. The standard InChI is InChI=1S/C26H35Cl2N3O4S/c1-18-22(28)9-7-10-23(18)31(36(6,34)35)16-8-11-24(32)30(17-20-12-14-21(27)15-13-20)19(2)25(33)29-26(3,4)5/h7,9-10,12-15,19H,8,11,16-17H2,1-6H3,(H,29,33)/t19-/m1/s1. The minimum atomic E-state index is -3.60. The highest BCUT2D eigenvalue weighted by Crippen LogP contribution is 2.28. The zero-order chi connectivity index (χ0) is 27.3. The number of carbonyl (C=O) groups excluding carboxylic acids is 2. The first-order valence-corrected chi connectivity index (χ1v) is 14.3. The minimum Gasteiger partial charge on any atom is -0.350 e. The smallest absolute Gasteiger partial charge is 0.242 e. The van der Waals surface area contributed by atoms with Crippen molar-refractivity contribution < 1.29 is 18.0 Å². The van der Waals surface area contributed by atoms with E-state index < -0.39 is 21.6 Å². The van der Waals surface area contributed by atoms with Crippen molar-refractivity contribution in [1.29, 1.82) is 0 Å². The lowest BCUT2D eigenvalue weighted by molar-refractivity contribution is -0.141. The first-order valence-electron chi connectivity index (χ1n) is 11.7. The maximum atomic E-state index is 13.3. The Hall–Kier alpha value is -2.29. The predicted molar refractivity (Wildman–Crippen MR) is 147 cm³/mol. The number of halogens is 2. The van der Waals surface area contributed by atoms with E-state index in [9.17, 15) is 18.0 Å². The predicted octanol–water partition coefficient (Wildman–Crippen LogP) is 5.18. The third kappa shape index (κ3) is 8.68. The molecule has 0 heterocycles. The summed E-state index contributed by atoms with van der Waals surface area (Å²) in [7, 11) is -3.60. The molecule has 2 aromatic rings. The second-order valence-electron chi connectivity index (χ2n) is 9.89. The van der Waals surface area contributed by atoms with Gasteiger partial charge in [-0.3, -0.25) is 13.9 Å². The van der Waals surface area contributed by atoms with E-state index in [1.165, 1.54) is 9.21 Å². The van der Waals surface area contributed by atoms with Gasteiger partial charge < -0.3 is 10.2 Å². The number of carbonyl (C=O) groups is 2. The van der Waals surface area contributed by atoms with Gasteiger partial charge in [0.05, 0.1) is 11.9 Å². The van der Waals surface area contributed by atoms with E-state index >= 15 is 0 Å². The third-order valence-corrected chi connectivity index (χ3v) is 7.43. The highest BCUT2D eigenvalue weighted by molar-refractivity contribution is 7.92. The summed E-state index contributed by atoms with van der Waals surface area (Å²) in [5, 5.41) is 3.96. The van der Waals surface area contributed by atoms with Crippen LogP contribution in [0.1, 0.15) is 51.7 Å². The van der Waals surface area contributed by atoms with Crippen LogP contribution in [0.25, 0.3) is 0 Å². The molecule has 1 atom stereocenters. The van der Waals surface area contributed by atoms with Gasteiger partial charge in [-0.25, -0.2) is 8.42 Å². The van der Waals surface area contributed by atoms with E-state index in [0.717, 1.165) is 11.8 Å². The SMILES string of the molecule is Cc1c(Cl)cccc1N(CCCC(=O)N(Cc1ccc(Cl)cc1)[C@H](C)C(=O)NC(C)(C)C)S(C)(=O)=O. The summed E-state index contributed by atoms with van der Waals surface area (Å²) in [5.74, 6) is -0.519. The van der Waals surface area contributed by atoms with Crippen molar-refractivity contribution in [2.45, 2.75) is 65.6 Å². The van der Waals surface area contributed by atoms with Crippen LogP contribution < -0.4 is 9.62 Å². The van der Waals surface area contributed by atoms with Crippen LogP contribution in [0.3, 0.4) is 0 Å². The summed E-state index contributed by atoms with van der Waals surface area (Å²) in [6.45, 7) is 9.39. The number of hydrogen-bond donors (Lipinski definition) is 1. The van der Waals surface area contributed by atoms with Crippen LogP contribution in [0.15, 0.2) is 42.5 Å². The molecule has 0 saturated carbocycles. The number of nitrogens with zero attached hydrogens (tertiary/aromatic N) is 2. The average molecular weight is 557 g/mol. The molecule has 0 unspecified atom stereocenters. The van der Waals surface area contributed by atoms with E-state index in [2.05, 4.69) is 5.32 Å². The van der Waals surface area contributed by atoms with Crippen molar-refractivity contribution in [1.82, 2.24) is 10.2 Å². The Morgan fingerprint density at radius 2 is 1.67 bits per heavy atom. The molecule has 0 fully saturated rings. The van der Waals surface area contributed by atoms with Gasteiger partial charge in [0, 0.05) is 35.1 Å². The monoisotopic (exact) mass is 555 g/mol. The van der Waals surface area contributed by atoms with Crippen LogP contribution in [0.2, 0.25) is 10.0 Å². The molecule has 0 aliphatic heterocycles. The minimum absolute atomic E-state index is 0.0619. The summed E-state index contributed by atoms with van der Waals surface area (Å²) in [4.78, 5) is 27.7. The molecule has 0 saturated heterocycles. The maximum absolute atomic E-state index is 13.3. The van der Waals surface area contributed by atoms with Gasteiger partial charge >= 0.3 is 0 Å². The topological polar surface area (TPSA) is 86.8 Å². The van der Waals surface area contributed by atoms with Gasteiger partial charge in [0.25, 0.3) is 0 Å². The van der Waals surface area contributed by atoms with Crippen molar-refractivity contribution in [3.8, 4) is 0 Å². The van der Waals surface area contributed by atoms with E-state index in [1.54, 1.807) is 44.2 Å². The molecule has 0 bridgehead atoms. The molecule has 7 nitrogen and oxygen atoms in total. The molecule has 10 heteroatoms. The molecule has 0 aromatic heterocycles. The van der Waals surface area contributed by atoms with E-state index in [-0.39, 0.29) is 37.7 Å². The third-order valence-electron chi connectivity index (χ3n) is 5.59. The Bertz CT molecular complexity index is 1180. The lowest BCUT2D eigenvalue weighted by Gasteiger charge is -2.32. The molecule has 2 amide bonds. The van der Waals surface area contributed by atoms with Crippen LogP contribution in [-0.2, 0) is 26.2 Å². The van der Waals surface area contributed by atoms with Gasteiger partial charge in [-0.15, -0.1) is 0 Å². The zero-order valence-electron chi connectivity index (χ0n) is 21.6. The molecular formula is C26H35Cl2N3O4S. The van der Waals surface area contributed by atoms with Crippen LogP contribution in [0.5, 0.6) is 0 Å². The Kier molecular flexibility index (Phi) is 10.2. The number of benzene rings is 2.